The number of nitrogens with one attached hydrogen (secondary N) is 2. The summed E-state index contributed by atoms with van der Waals surface area (Å²) in [5.41, 5.74) is 2.33. The minimum atomic E-state index is -0.655. The van der Waals surface area contributed by atoms with Gasteiger partial charge in [0.25, 0.3) is 0 Å². The fourth-order valence-electron chi connectivity index (χ4n) is 4.22. The van der Waals surface area contributed by atoms with Gasteiger partial charge in [-0.15, -0.1) is 0 Å². The highest BCUT2D eigenvalue weighted by Crippen LogP contribution is 2.26. The average Bonchev–Trinajstić information content (AvgIpc) is 3.09. The first-order valence-electron chi connectivity index (χ1n) is 10.6. The van der Waals surface area contributed by atoms with Gasteiger partial charge in [-0.3, -0.25) is 9.36 Å². The number of fused-ring (bicyclic) bond motifs is 1. The molecule has 0 radical (unpaired) electrons. The van der Waals surface area contributed by atoms with E-state index in [9.17, 15) is 14.7 Å². The Kier molecular flexibility index (Phi) is 6.39. The lowest BCUT2D eigenvalue weighted by Gasteiger charge is -2.33. The highest BCUT2D eigenvalue weighted by molar-refractivity contribution is 5.90. The number of hydrogen-bond acceptors (Lipinski definition) is 5. The lowest BCUT2D eigenvalue weighted by molar-refractivity contribution is -0.114. The van der Waals surface area contributed by atoms with Crippen LogP contribution in [0.25, 0.3) is 11.0 Å². The third-order valence-electron chi connectivity index (χ3n) is 5.64. The predicted molar refractivity (Wildman–Crippen MR) is 120 cm³/mol. The van der Waals surface area contributed by atoms with Gasteiger partial charge < -0.3 is 25.0 Å². The molecule has 1 saturated heterocycles. The summed E-state index contributed by atoms with van der Waals surface area (Å²) in [5.74, 6) is 0.364. The average molecular weight is 425 g/mol. The Balaban J connectivity index is 1.30. The summed E-state index contributed by atoms with van der Waals surface area (Å²) >= 11 is 0. The molecule has 1 fully saturated rings. The number of rotatable bonds is 7. The van der Waals surface area contributed by atoms with Crippen molar-refractivity contribution >= 4 is 22.6 Å². The van der Waals surface area contributed by atoms with Crippen LogP contribution in [0.15, 0.2) is 53.3 Å². The van der Waals surface area contributed by atoms with Crippen molar-refractivity contribution in [2.24, 2.45) is 0 Å². The number of imidazole rings is 1. The zero-order valence-corrected chi connectivity index (χ0v) is 17.6. The third kappa shape index (κ3) is 4.98. The molecule has 1 aliphatic heterocycles. The maximum absolute atomic E-state index is 12.4. The highest BCUT2D eigenvalue weighted by Gasteiger charge is 2.24. The summed E-state index contributed by atoms with van der Waals surface area (Å²) < 4.78 is 7.61. The molecule has 2 heterocycles. The number of H-pyrrole nitrogens is 1. The first-order valence-corrected chi connectivity index (χ1v) is 10.6. The summed E-state index contributed by atoms with van der Waals surface area (Å²) in [7, 11) is 0. The molecule has 4 rings (SSSR count). The predicted octanol–water partition coefficient (Wildman–Crippen LogP) is 2.36. The first-order chi connectivity index (χ1) is 15.0. The molecule has 1 aromatic heterocycles. The summed E-state index contributed by atoms with van der Waals surface area (Å²) in [6.45, 7) is 3.68. The van der Waals surface area contributed by atoms with E-state index in [1.54, 1.807) is 12.1 Å². The molecule has 8 heteroatoms. The van der Waals surface area contributed by atoms with E-state index in [2.05, 4.69) is 15.2 Å². The number of carbonyl (C=O) groups excluding carboxylic acids is 1. The Morgan fingerprint density at radius 2 is 1.90 bits per heavy atom. The van der Waals surface area contributed by atoms with Gasteiger partial charge in [0.05, 0.1) is 16.7 Å². The standard InChI is InChI=1S/C23H28N4O4/c1-16(28)24-20-7-3-5-9-22(20)31-15-18(29)14-26-12-10-17(11-13-26)27-21-8-4-2-6-19(21)25-23(27)30/h2-9,17-18,29H,10-15H2,1H3,(H,24,28)(H,25,30). The van der Waals surface area contributed by atoms with Crippen molar-refractivity contribution in [1.82, 2.24) is 14.5 Å². The first kappa shape index (κ1) is 21.1. The molecule has 1 unspecified atom stereocenters. The number of aliphatic hydroxyl groups is 1. The van der Waals surface area contributed by atoms with Crippen molar-refractivity contribution < 1.29 is 14.6 Å². The zero-order valence-electron chi connectivity index (χ0n) is 17.6. The maximum atomic E-state index is 12.4. The van der Waals surface area contributed by atoms with Crippen molar-refractivity contribution in [3.05, 3.63) is 59.0 Å². The number of amides is 1. The molecule has 3 aromatic rings. The number of benzene rings is 2. The second kappa shape index (κ2) is 9.36. The fraction of sp³-hybridized carbons (Fsp3) is 0.391. The van der Waals surface area contributed by atoms with E-state index in [0.717, 1.165) is 37.0 Å². The Hall–Kier alpha value is -3.10. The largest absolute Gasteiger partial charge is 0.489 e. The van der Waals surface area contributed by atoms with Crippen LogP contribution >= 0.6 is 0 Å². The molecule has 0 bridgehead atoms. The molecule has 3 N–H and O–H groups in total. The molecule has 31 heavy (non-hydrogen) atoms. The minimum absolute atomic E-state index is 0.0640. The second-order valence-corrected chi connectivity index (χ2v) is 7.99. The van der Waals surface area contributed by atoms with Gasteiger partial charge in [-0.25, -0.2) is 4.79 Å². The topological polar surface area (TPSA) is 99.6 Å². The van der Waals surface area contributed by atoms with Gasteiger partial charge in [-0.1, -0.05) is 24.3 Å². The summed E-state index contributed by atoms with van der Waals surface area (Å²) in [6.07, 6.45) is 1.04. The number of para-hydroxylation sites is 4. The molecule has 0 spiro atoms. The van der Waals surface area contributed by atoms with Crippen LogP contribution in [-0.4, -0.2) is 57.8 Å². The second-order valence-electron chi connectivity index (χ2n) is 7.99. The number of likely N-dealkylation sites (tertiary alicyclic amines) is 1. The van der Waals surface area contributed by atoms with Gasteiger partial charge in [-0.2, -0.15) is 0 Å². The summed E-state index contributed by atoms with van der Waals surface area (Å²) in [4.78, 5) is 28.9. The highest BCUT2D eigenvalue weighted by atomic mass is 16.5. The lowest BCUT2D eigenvalue weighted by Crippen LogP contribution is -2.42. The smallest absolute Gasteiger partial charge is 0.326 e. The van der Waals surface area contributed by atoms with E-state index in [-0.39, 0.29) is 24.2 Å². The van der Waals surface area contributed by atoms with Crippen LogP contribution in [0.3, 0.4) is 0 Å². The molecule has 1 aliphatic rings. The molecule has 0 aliphatic carbocycles. The Labute approximate surface area is 180 Å². The number of piperidine rings is 1. The zero-order chi connectivity index (χ0) is 21.8. The van der Waals surface area contributed by atoms with Crippen LogP contribution in [-0.2, 0) is 4.79 Å². The van der Waals surface area contributed by atoms with Crippen molar-refractivity contribution in [2.75, 3.05) is 31.6 Å². The molecule has 1 atom stereocenters. The SMILES string of the molecule is CC(=O)Nc1ccccc1OCC(O)CN1CCC(n2c(=O)[nH]c3ccccc32)CC1. The van der Waals surface area contributed by atoms with Gasteiger partial charge in [-0.05, 0) is 37.1 Å². The Morgan fingerprint density at radius 3 is 2.68 bits per heavy atom. The Bertz CT molecular complexity index is 1100. The van der Waals surface area contributed by atoms with Crippen molar-refractivity contribution in [3.8, 4) is 5.75 Å². The molecule has 1 amide bonds. The molecule has 8 nitrogen and oxygen atoms in total. The third-order valence-corrected chi connectivity index (χ3v) is 5.64. The van der Waals surface area contributed by atoms with Crippen LogP contribution in [0, 0.1) is 0 Å². The Morgan fingerprint density at radius 1 is 1.19 bits per heavy atom. The van der Waals surface area contributed by atoms with E-state index >= 15 is 0 Å². The quantitative estimate of drug-likeness (QED) is 0.541. The maximum Gasteiger partial charge on any atom is 0.326 e. The van der Waals surface area contributed by atoms with Crippen LogP contribution in [0.1, 0.15) is 25.8 Å². The van der Waals surface area contributed by atoms with Gasteiger partial charge in [0.2, 0.25) is 5.91 Å². The normalized spacial score (nSPS) is 16.3. The fourth-order valence-corrected chi connectivity index (χ4v) is 4.22. The van der Waals surface area contributed by atoms with E-state index in [1.807, 2.05) is 41.0 Å². The minimum Gasteiger partial charge on any atom is -0.489 e. The summed E-state index contributed by atoms with van der Waals surface area (Å²) in [5, 5.41) is 13.2. The number of aliphatic hydroxyl groups excluding tert-OH is 1. The lowest BCUT2D eigenvalue weighted by atomic mass is 10.0. The number of aromatic amines is 1. The van der Waals surface area contributed by atoms with Crippen molar-refractivity contribution in [1.29, 1.82) is 0 Å². The van der Waals surface area contributed by atoms with E-state index in [1.165, 1.54) is 6.92 Å². The van der Waals surface area contributed by atoms with E-state index in [0.29, 0.717) is 18.0 Å². The van der Waals surface area contributed by atoms with Crippen LogP contribution in [0.5, 0.6) is 5.75 Å². The number of aromatic nitrogens is 2. The van der Waals surface area contributed by atoms with Gasteiger partial charge >= 0.3 is 5.69 Å². The van der Waals surface area contributed by atoms with Gasteiger partial charge in [0, 0.05) is 32.6 Å². The molecular formula is C23H28N4O4. The number of anilines is 1. The monoisotopic (exact) mass is 424 g/mol. The van der Waals surface area contributed by atoms with E-state index in [4.69, 9.17) is 4.74 Å². The van der Waals surface area contributed by atoms with Crippen molar-refractivity contribution in [3.63, 3.8) is 0 Å². The number of β-amino-alcohol motifs (C(OH)–C–C–N with tert-alkyl or cyclic N) is 1. The van der Waals surface area contributed by atoms with Crippen molar-refractivity contribution in [2.45, 2.75) is 31.9 Å². The number of carbonyl (C=O) groups is 1. The molecule has 164 valence electrons. The van der Waals surface area contributed by atoms with Gasteiger partial charge in [0.1, 0.15) is 18.5 Å². The van der Waals surface area contributed by atoms with E-state index < -0.39 is 6.10 Å². The molecule has 2 aromatic carbocycles. The summed E-state index contributed by atoms with van der Waals surface area (Å²) in [6, 6.07) is 15.1. The van der Waals surface area contributed by atoms with Gasteiger partial charge in [0.15, 0.2) is 0 Å². The van der Waals surface area contributed by atoms with Crippen LogP contribution in [0.4, 0.5) is 5.69 Å². The molecular weight excluding hydrogens is 396 g/mol. The molecule has 0 saturated carbocycles. The number of hydrogen-bond donors (Lipinski definition) is 3. The van der Waals surface area contributed by atoms with Crippen LogP contribution in [0.2, 0.25) is 0 Å². The van der Waals surface area contributed by atoms with Crippen LogP contribution < -0.4 is 15.7 Å². The number of ether oxygens (including phenoxy) is 1. The number of nitrogens with zero attached hydrogens (tertiary/aromatic N) is 2.